The lowest BCUT2D eigenvalue weighted by atomic mass is 9.48. The van der Waals surface area contributed by atoms with Gasteiger partial charge in [0.25, 0.3) is 0 Å². The Bertz CT molecular complexity index is 612. The highest BCUT2D eigenvalue weighted by atomic mass is 79.9. The average molecular weight is 381 g/mol. The molecule has 4 heteroatoms. The molecule has 4 aliphatic carbocycles. The van der Waals surface area contributed by atoms with Gasteiger partial charge in [0.2, 0.25) is 0 Å². The maximum Gasteiger partial charge on any atom is 0.159 e. The Morgan fingerprint density at radius 3 is 2.57 bits per heavy atom. The number of hydrogen-bond acceptors (Lipinski definition) is 3. The van der Waals surface area contributed by atoms with Crippen molar-refractivity contribution < 1.29 is 14.7 Å². The number of hydrogen-bond donors (Lipinski definition) is 1. The third kappa shape index (κ3) is 2.03. The van der Waals surface area contributed by atoms with Gasteiger partial charge in [-0.15, -0.1) is 0 Å². The molecule has 0 aliphatic heterocycles. The Morgan fingerprint density at radius 1 is 1.13 bits per heavy atom. The highest BCUT2D eigenvalue weighted by molar-refractivity contribution is 9.10. The summed E-state index contributed by atoms with van der Waals surface area (Å²) >= 11 is 3.55. The van der Waals surface area contributed by atoms with Gasteiger partial charge in [0.1, 0.15) is 0 Å². The number of allylic oxidation sites excluding steroid dienone is 1. The number of aliphatic hydroxyl groups is 1. The fourth-order valence-corrected chi connectivity index (χ4v) is 7.07. The SMILES string of the molecule is C[C@]12CC[C@@H](O)CC1=CC(=O)[C@@H]1[C@@H]2CC[C@]2(C)C(=O)[C@H](Br)C[C@@H]12. The molecule has 3 saturated carbocycles. The molecule has 0 unspecified atom stereocenters. The van der Waals surface area contributed by atoms with Crippen molar-refractivity contribution in [2.24, 2.45) is 28.6 Å². The molecule has 0 saturated heterocycles. The van der Waals surface area contributed by atoms with Crippen LogP contribution < -0.4 is 0 Å². The number of carbonyl (C=O) groups excluding carboxylic acids is 2. The van der Waals surface area contributed by atoms with Gasteiger partial charge in [-0.1, -0.05) is 35.4 Å². The van der Waals surface area contributed by atoms with Crippen LogP contribution in [0, 0.1) is 28.6 Å². The average Bonchev–Trinajstić information content (AvgIpc) is 2.73. The minimum absolute atomic E-state index is 0.00996. The molecule has 7 atom stereocenters. The summed E-state index contributed by atoms with van der Waals surface area (Å²) in [6.45, 7) is 4.37. The summed E-state index contributed by atoms with van der Waals surface area (Å²) in [6, 6.07) is 0. The minimum atomic E-state index is -0.332. The smallest absolute Gasteiger partial charge is 0.159 e. The number of ketones is 2. The molecule has 0 bridgehead atoms. The topological polar surface area (TPSA) is 54.4 Å². The maximum atomic E-state index is 12.9. The Morgan fingerprint density at radius 2 is 1.83 bits per heavy atom. The largest absolute Gasteiger partial charge is 0.393 e. The molecule has 0 radical (unpaired) electrons. The van der Waals surface area contributed by atoms with Gasteiger partial charge in [-0.25, -0.2) is 0 Å². The van der Waals surface area contributed by atoms with Crippen LogP contribution in [0.5, 0.6) is 0 Å². The number of rotatable bonds is 0. The second-order valence-electron chi connectivity index (χ2n) is 8.65. The van der Waals surface area contributed by atoms with Gasteiger partial charge in [-0.2, -0.15) is 0 Å². The molecule has 0 aromatic rings. The summed E-state index contributed by atoms with van der Waals surface area (Å²) in [5.41, 5.74) is 0.860. The zero-order valence-electron chi connectivity index (χ0n) is 13.8. The van der Waals surface area contributed by atoms with Gasteiger partial charge in [0, 0.05) is 11.3 Å². The van der Waals surface area contributed by atoms with E-state index in [9.17, 15) is 14.7 Å². The van der Waals surface area contributed by atoms with Gasteiger partial charge >= 0.3 is 0 Å². The first kappa shape index (κ1) is 16.0. The first-order valence-corrected chi connectivity index (χ1v) is 9.80. The lowest BCUT2D eigenvalue weighted by Crippen LogP contribution is -2.53. The molecule has 126 valence electrons. The predicted molar refractivity (Wildman–Crippen MR) is 91.2 cm³/mol. The van der Waals surface area contributed by atoms with Crippen molar-refractivity contribution in [1.82, 2.24) is 0 Å². The van der Waals surface area contributed by atoms with Crippen molar-refractivity contribution in [3.05, 3.63) is 11.6 Å². The number of Topliss-reactive ketones (excluding diaryl/α,β-unsaturated/α-hetero) is 1. The van der Waals surface area contributed by atoms with Gasteiger partial charge in [0.05, 0.1) is 10.9 Å². The van der Waals surface area contributed by atoms with Crippen LogP contribution in [0.4, 0.5) is 0 Å². The van der Waals surface area contributed by atoms with E-state index < -0.39 is 0 Å². The monoisotopic (exact) mass is 380 g/mol. The van der Waals surface area contributed by atoms with Crippen LogP contribution in [-0.2, 0) is 9.59 Å². The van der Waals surface area contributed by atoms with E-state index >= 15 is 0 Å². The number of aliphatic hydroxyl groups excluding tert-OH is 1. The van der Waals surface area contributed by atoms with Crippen LogP contribution in [0.3, 0.4) is 0 Å². The maximum absolute atomic E-state index is 12.9. The zero-order chi connectivity index (χ0) is 16.6. The fraction of sp³-hybridized carbons (Fsp3) is 0.789. The van der Waals surface area contributed by atoms with Crippen LogP contribution in [-0.4, -0.2) is 27.6 Å². The van der Waals surface area contributed by atoms with E-state index in [2.05, 4.69) is 29.8 Å². The van der Waals surface area contributed by atoms with Gasteiger partial charge in [-0.05, 0) is 61.9 Å². The van der Waals surface area contributed by atoms with Crippen LogP contribution in [0.15, 0.2) is 11.6 Å². The van der Waals surface area contributed by atoms with E-state index in [1.165, 1.54) is 0 Å². The number of fused-ring (bicyclic) bond motifs is 5. The fourth-order valence-electron chi connectivity index (χ4n) is 6.14. The molecular formula is C19H25BrO3. The molecule has 0 aromatic carbocycles. The first-order valence-electron chi connectivity index (χ1n) is 8.89. The molecule has 0 heterocycles. The number of carbonyl (C=O) groups is 2. The molecule has 4 rings (SSSR count). The van der Waals surface area contributed by atoms with Crippen molar-refractivity contribution in [2.75, 3.05) is 0 Å². The predicted octanol–water partition coefficient (Wildman–Crippen LogP) is 3.43. The molecule has 0 spiro atoms. The zero-order valence-corrected chi connectivity index (χ0v) is 15.4. The standard InChI is InChI=1S/C19H25BrO3/c1-18-5-3-11(21)7-10(18)8-15(22)16-12(18)4-6-19(2)13(16)9-14(20)17(19)23/h8,11-14,16,21H,3-7,9H2,1-2H3/t11-,12+,13+,14-,16-,18+,19+/m1/s1. The molecule has 0 aromatic heterocycles. The van der Waals surface area contributed by atoms with Crippen LogP contribution >= 0.6 is 15.9 Å². The van der Waals surface area contributed by atoms with E-state index in [0.29, 0.717) is 18.1 Å². The highest BCUT2D eigenvalue weighted by Crippen LogP contribution is 2.63. The lowest BCUT2D eigenvalue weighted by molar-refractivity contribution is -0.139. The first-order chi connectivity index (χ1) is 10.8. The summed E-state index contributed by atoms with van der Waals surface area (Å²) in [5.74, 6) is 1.01. The summed E-state index contributed by atoms with van der Waals surface area (Å²) in [6.07, 6.45) is 6.62. The molecule has 4 aliphatic rings. The normalized spacial score (nSPS) is 52.5. The second-order valence-corrected chi connectivity index (χ2v) is 9.75. The van der Waals surface area contributed by atoms with E-state index in [-0.39, 0.29) is 39.4 Å². The molecular weight excluding hydrogens is 356 g/mol. The Hall–Kier alpha value is -0.480. The lowest BCUT2D eigenvalue weighted by Gasteiger charge is -2.55. The Kier molecular flexibility index (Phi) is 3.49. The van der Waals surface area contributed by atoms with Crippen molar-refractivity contribution >= 4 is 27.5 Å². The Labute approximate surface area is 146 Å². The summed E-state index contributed by atoms with van der Waals surface area (Å²) in [4.78, 5) is 25.5. The van der Waals surface area contributed by atoms with Gasteiger partial charge in [-0.3, -0.25) is 9.59 Å². The number of alkyl halides is 1. The second kappa shape index (κ2) is 5.01. The van der Waals surface area contributed by atoms with E-state index in [0.717, 1.165) is 37.7 Å². The van der Waals surface area contributed by atoms with E-state index in [4.69, 9.17) is 0 Å². The third-order valence-electron chi connectivity index (χ3n) is 7.62. The molecule has 0 amide bonds. The van der Waals surface area contributed by atoms with Crippen molar-refractivity contribution in [3.63, 3.8) is 0 Å². The quantitative estimate of drug-likeness (QED) is 0.654. The minimum Gasteiger partial charge on any atom is -0.393 e. The Balaban J connectivity index is 1.76. The summed E-state index contributed by atoms with van der Waals surface area (Å²) in [7, 11) is 0. The summed E-state index contributed by atoms with van der Waals surface area (Å²) in [5, 5.41) is 10.0. The van der Waals surface area contributed by atoms with Crippen LogP contribution in [0.25, 0.3) is 0 Å². The third-order valence-corrected chi connectivity index (χ3v) is 8.41. The van der Waals surface area contributed by atoms with Gasteiger partial charge < -0.3 is 5.11 Å². The van der Waals surface area contributed by atoms with Crippen molar-refractivity contribution in [3.8, 4) is 0 Å². The number of halogens is 1. The van der Waals surface area contributed by atoms with Crippen molar-refractivity contribution in [2.45, 2.75) is 63.3 Å². The highest BCUT2D eigenvalue weighted by Gasteiger charge is 2.62. The van der Waals surface area contributed by atoms with Gasteiger partial charge in [0.15, 0.2) is 11.6 Å². The molecule has 23 heavy (non-hydrogen) atoms. The van der Waals surface area contributed by atoms with Crippen LogP contribution in [0.2, 0.25) is 0 Å². The summed E-state index contributed by atoms with van der Waals surface area (Å²) < 4.78 is 0. The molecule has 3 nitrogen and oxygen atoms in total. The van der Waals surface area contributed by atoms with Crippen molar-refractivity contribution in [1.29, 1.82) is 0 Å². The molecule has 1 N–H and O–H groups in total. The molecule has 3 fully saturated rings. The van der Waals surface area contributed by atoms with E-state index in [1.807, 2.05) is 6.08 Å². The van der Waals surface area contributed by atoms with Crippen LogP contribution in [0.1, 0.15) is 52.4 Å². The van der Waals surface area contributed by atoms with E-state index in [1.54, 1.807) is 0 Å².